The molecule has 0 amide bonds. The minimum Gasteiger partial charge on any atom is -0.367 e. The van der Waals surface area contributed by atoms with Crippen LogP contribution in [0, 0.1) is 13.8 Å². The van der Waals surface area contributed by atoms with Crippen molar-refractivity contribution in [2.24, 2.45) is 0 Å². The number of nitrogens with two attached hydrogens (primary N) is 1. The van der Waals surface area contributed by atoms with Crippen molar-refractivity contribution in [3.63, 3.8) is 0 Å². The number of aromatic nitrogens is 1. The second-order valence-electron chi connectivity index (χ2n) is 3.39. The Kier molecular flexibility index (Phi) is 2.00. The smallest absolute Gasteiger partial charge is 0.225 e. The zero-order valence-corrected chi connectivity index (χ0v) is 8.24. The van der Waals surface area contributed by atoms with E-state index in [4.69, 9.17) is 10.3 Å². The summed E-state index contributed by atoms with van der Waals surface area (Å²) in [7, 11) is 0. The van der Waals surface area contributed by atoms with E-state index in [9.17, 15) is 0 Å². The van der Waals surface area contributed by atoms with E-state index in [-0.39, 0.29) is 0 Å². The van der Waals surface area contributed by atoms with E-state index in [2.05, 4.69) is 11.2 Å². The summed E-state index contributed by atoms with van der Waals surface area (Å²) >= 11 is 0. The molecule has 0 saturated carbocycles. The van der Waals surface area contributed by atoms with Crippen LogP contribution < -0.4 is 5.73 Å². The summed E-state index contributed by atoms with van der Waals surface area (Å²) in [6.45, 7) is 3.95. The summed E-state index contributed by atoms with van der Waals surface area (Å²) in [5, 5.41) is 3.93. The molecule has 0 aliphatic rings. The van der Waals surface area contributed by atoms with Crippen LogP contribution >= 0.6 is 0 Å². The topological polar surface area (TPSA) is 52.0 Å². The van der Waals surface area contributed by atoms with Crippen molar-refractivity contribution >= 4 is 5.88 Å². The fraction of sp³-hybridized carbons (Fsp3) is 0.182. The van der Waals surface area contributed by atoms with Gasteiger partial charge < -0.3 is 10.3 Å². The Bertz CT molecular complexity index is 460. The lowest BCUT2D eigenvalue weighted by Gasteiger charge is -1.98. The van der Waals surface area contributed by atoms with Gasteiger partial charge in [-0.25, -0.2) is 0 Å². The molecule has 2 aromatic rings. The molecule has 1 aromatic carbocycles. The number of hydrogen-bond donors (Lipinski definition) is 1. The van der Waals surface area contributed by atoms with E-state index in [1.165, 1.54) is 5.56 Å². The van der Waals surface area contributed by atoms with Crippen molar-refractivity contribution in [3.05, 3.63) is 35.4 Å². The van der Waals surface area contributed by atoms with E-state index < -0.39 is 0 Å². The number of rotatable bonds is 1. The van der Waals surface area contributed by atoms with Gasteiger partial charge in [0.2, 0.25) is 5.88 Å². The van der Waals surface area contributed by atoms with Crippen molar-refractivity contribution in [1.82, 2.24) is 5.16 Å². The zero-order valence-electron chi connectivity index (χ0n) is 8.24. The average Bonchev–Trinajstić information content (AvgIpc) is 2.48. The predicted octanol–water partition coefficient (Wildman–Crippen LogP) is 2.54. The van der Waals surface area contributed by atoms with Gasteiger partial charge >= 0.3 is 0 Å². The first-order chi connectivity index (χ1) is 6.68. The molecular weight excluding hydrogens is 176 g/mol. The van der Waals surface area contributed by atoms with Gasteiger partial charge in [-0.2, -0.15) is 0 Å². The number of nitrogen functional groups attached to an aromatic ring is 1. The number of hydrogen-bond acceptors (Lipinski definition) is 3. The second kappa shape index (κ2) is 3.18. The van der Waals surface area contributed by atoms with E-state index in [1.807, 2.05) is 32.0 Å². The van der Waals surface area contributed by atoms with Gasteiger partial charge in [0.05, 0.1) is 0 Å². The molecule has 0 unspecified atom stereocenters. The SMILES string of the molecule is Cc1cccc(-c2noc(N)c2C)c1. The summed E-state index contributed by atoms with van der Waals surface area (Å²) < 4.78 is 4.92. The third-order valence-electron chi connectivity index (χ3n) is 2.25. The predicted molar refractivity (Wildman–Crippen MR) is 55.8 cm³/mol. The molecule has 72 valence electrons. The monoisotopic (exact) mass is 188 g/mol. The molecule has 0 aliphatic heterocycles. The third-order valence-corrected chi connectivity index (χ3v) is 2.25. The van der Waals surface area contributed by atoms with Gasteiger partial charge in [-0.05, 0) is 19.9 Å². The molecule has 3 heteroatoms. The lowest BCUT2D eigenvalue weighted by Crippen LogP contribution is -1.85. The number of anilines is 1. The maximum absolute atomic E-state index is 5.59. The Morgan fingerprint density at radius 2 is 2.07 bits per heavy atom. The minimum atomic E-state index is 0.390. The number of benzene rings is 1. The van der Waals surface area contributed by atoms with E-state index in [0.29, 0.717) is 5.88 Å². The molecule has 14 heavy (non-hydrogen) atoms. The first-order valence-electron chi connectivity index (χ1n) is 4.47. The van der Waals surface area contributed by atoms with Crippen LogP contribution in [0.15, 0.2) is 28.8 Å². The Morgan fingerprint density at radius 1 is 1.29 bits per heavy atom. The van der Waals surface area contributed by atoms with Gasteiger partial charge in [-0.3, -0.25) is 0 Å². The van der Waals surface area contributed by atoms with Crippen LogP contribution in [0.2, 0.25) is 0 Å². The fourth-order valence-electron chi connectivity index (χ4n) is 1.41. The number of nitrogens with zero attached hydrogens (tertiary/aromatic N) is 1. The molecular formula is C11H12N2O. The van der Waals surface area contributed by atoms with E-state index in [1.54, 1.807) is 0 Å². The highest BCUT2D eigenvalue weighted by molar-refractivity contribution is 5.66. The van der Waals surface area contributed by atoms with Gasteiger partial charge in [0, 0.05) is 11.1 Å². The van der Waals surface area contributed by atoms with E-state index >= 15 is 0 Å². The molecule has 0 atom stereocenters. The molecule has 2 rings (SSSR count). The van der Waals surface area contributed by atoms with Gasteiger partial charge in [0.25, 0.3) is 0 Å². The maximum atomic E-state index is 5.59. The Hall–Kier alpha value is -1.77. The molecule has 3 nitrogen and oxygen atoms in total. The van der Waals surface area contributed by atoms with Crippen molar-refractivity contribution in [2.75, 3.05) is 5.73 Å². The molecule has 0 radical (unpaired) electrons. The molecule has 0 spiro atoms. The molecule has 0 saturated heterocycles. The first kappa shape index (κ1) is 8.81. The van der Waals surface area contributed by atoms with Crippen LogP contribution in [0.5, 0.6) is 0 Å². The van der Waals surface area contributed by atoms with Crippen LogP contribution in [0.25, 0.3) is 11.3 Å². The molecule has 1 heterocycles. The maximum Gasteiger partial charge on any atom is 0.225 e. The lowest BCUT2D eigenvalue weighted by molar-refractivity contribution is 0.439. The normalized spacial score (nSPS) is 10.4. The quantitative estimate of drug-likeness (QED) is 0.748. The summed E-state index contributed by atoms with van der Waals surface area (Å²) in [6.07, 6.45) is 0. The van der Waals surface area contributed by atoms with Gasteiger partial charge in [-0.1, -0.05) is 28.9 Å². The Labute approximate surface area is 82.5 Å². The summed E-state index contributed by atoms with van der Waals surface area (Å²) in [6, 6.07) is 8.10. The van der Waals surface area contributed by atoms with Crippen LogP contribution in [-0.2, 0) is 0 Å². The molecule has 0 fully saturated rings. The van der Waals surface area contributed by atoms with Crippen molar-refractivity contribution in [3.8, 4) is 11.3 Å². The Morgan fingerprint density at radius 3 is 2.64 bits per heavy atom. The number of aryl methyl sites for hydroxylation is 1. The van der Waals surface area contributed by atoms with Crippen LogP contribution in [0.4, 0.5) is 5.88 Å². The summed E-state index contributed by atoms with van der Waals surface area (Å²) in [5.41, 5.74) is 9.55. The molecule has 0 aliphatic carbocycles. The highest BCUT2D eigenvalue weighted by Crippen LogP contribution is 2.26. The lowest BCUT2D eigenvalue weighted by atomic mass is 10.1. The van der Waals surface area contributed by atoms with Crippen LogP contribution in [-0.4, -0.2) is 5.16 Å². The van der Waals surface area contributed by atoms with E-state index in [0.717, 1.165) is 16.8 Å². The zero-order chi connectivity index (χ0) is 10.1. The van der Waals surface area contributed by atoms with Crippen LogP contribution in [0.1, 0.15) is 11.1 Å². The summed E-state index contributed by atoms with van der Waals surface area (Å²) in [5.74, 6) is 0.390. The van der Waals surface area contributed by atoms with Crippen LogP contribution in [0.3, 0.4) is 0 Å². The van der Waals surface area contributed by atoms with Gasteiger partial charge in [-0.15, -0.1) is 0 Å². The Balaban J connectivity index is 2.55. The summed E-state index contributed by atoms with van der Waals surface area (Å²) in [4.78, 5) is 0. The highest BCUT2D eigenvalue weighted by Gasteiger charge is 2.10. The molecule has 1 aromatic heterocycles. The fourth-order valence-corrected chi connectivity index (χ4v) is 1.41. The molecule has 0 bridgehead atoms. The standard InChI is InChI=1S/C11H12N2O/c1-7-4-3-5-9(6-7)10-8(2)11(12)14-13-10/h3-6H,12H2,1-2H3. The van der Waals surface area contributed by atoms with Gasteiger partial charge in [0.1, 0.15) is 5.69 Å². The minimum absolute atomic E-state index is 0.390. The first-order valence-corrected chi connectivity index (χ1v) is 4.47. The van der Waals surface area contributed by atoms with Crippen molar-refractivity contribution in [1.29, 1.82) is 0 Å². The second-order valence-corrected chi connectivity index (χ2v) is 3.39. The highest BCUT2D eigenvalue weighted by atomic mass is 16.5. The largest absolute Gasteiger partial charge is 0.367 e. The van der Waals surface area contributed by atoms with Crippen molar-refractivity contribution < 1.29 is 4.52 Å². The third kappa shape index (κ3) is 1.37. The molecule has 2 N–H and O–H groups in total. The average molecular weight is 188 g/mol. The van der Waals surface area contributed by atoms with Crippen molar-refractivity contribution in [2.45, 2.75) is 13.8 Å². The van der Waals surface area contributed by atoms with Gasteiger partial charge in [0.15, 0.2) is 0 Å².